The molecule has 21 heavy (non-hydrogen) atoms. The number of ether oxygens (including phenoxy) is 1. The Morgan fingerprint density at radius 2 is 2.19 bits per heavy atom. The maximum atomic E-state index is 12.2. The van der Waals surface area contributed by atoms with Gasteiger partial charge in [0.2, 0.25) is 0 Å². The fourth-order valence-electron chi connectivity index (χ4n) is 1.53. The first-order valence-electron chi connectivity index (χ1n) is 5.81. The second-order valence-corrected chi connectivity index (χ2v) is 6.00. The number of rotatable bonds is 5. The van der Waals surface area contributed by atoms with Crippen molar-refractivity contribution >= 4 is 27.8 Å². The number of hydrogen-bond acceptors (Lipinski definition) is 5. The quantitative estimate of drug-likeness (QED) is 0.674. The zero-order valence-electron chi connectivity index (χ0n) is 11.0. The predicted molar refractivity (Wildman–Crippen MR) is 80.2 cm³/mol. The molecule has 110 valence electrons. The summed E-state index contributed by atoms with van der Waals surface area (Å²) in [5.74, 6) is 0.184. The molecule has 0 saturated heterocycles. The van der Waals surface area contributed by atoms with Crippen LogP contribution < -0.4 is 9.57 Å². The molecule has 0 saturated carbocycles. The number of hydrazone groups is 1. The first-order valence-corrected chi connectivity index (χ1v) is 7.67. The van der Waals surface area contributed by atoms with Crippen molar-refractivity contribution in [1.82, 2.24) is 9.82 Å². The van der Waals surface area contributed by atoms with Crippen molar-refractivity contribution < 1.29 is 13.2 Å². The van der Waals surface area contributed by atoms with Crippen LogP contribution in [-0.2, 0) is 10.0 Å². The van der Waals surface area contributed by atoms with Gasteiger partial charge in [0, 0.05) is 23.0 Å². The number of nitrogens with one attached hydrogen (secondary N) is 1. The highest BCUT2D eigenvalue weighted by Gasteiger charge is 2.19. The number of methoxy groups -OCH3 is 1. The fraction of sp³-hybridized carbons (Fsp3) is 0.0769. The first-order chi connectivity index (χ1) is 10.0. The van der Waals surface area contributed by atoms with E-state index in [0.717, 1.165) is 0 Å². The Labute approximate surface area is 127 Å². The number of benzene rings is 1. The summed E-state index contributed by atoms with van der Waals surface area (Å²) in [5, 5.41) is 3.98. The van der Waals surface area contributed by atoms with Crippen LogP contribution in [0, 0.1) is 0 Å². The summed E-state index contributed by atoms with van der Waals surface area (Å²) in [6.45, 7) is 0. The zero-order chi connectivity index (χ0) is 15.3. The van der Waals surface area contributed by atoms with Gasteiger partial charge in [0.1, 0.15) is 10.6 Å². The van der Waals surface area contributed by atoms with Gasteiger partial charge < -0.3 is 4.74 Å². The first kappa shape index (κ1) is 15.3. The maximum absolute atomic E-state index is 12.2. The third-order valence-electron chi connectivity index (χ3n) is 2.49. The van der Waals surface area contributed by atoms with E-state index in [1.807, 2.05) is 0 Å². The van der Waals surface area contributed by atoms with Gasteiger partial charge >= 0.3 is 0 Å². The summed E-state index contributed by atoms with van der Waals surface area (Å²) in [6.07, 6.45) is 4.51. The second kappa shape index (κ2) is 6.55. The van der Waals surface area contributed by atoms with Crippen LogP contribution in [0.2, 0.25) is 5.02 Å². The molecule has 0 unspecified atom stereocenters. The van der Waals surface area contributed by atoms with Gasteiger partial charge in [-0.15, -0.1) is 0 Å². The number of hydrogen-bond donors (Lipinski definition) is 1. The highest BCUT2D eigenvalue weighted by Crippen LogP contribution is 2.26. The van der Waals surface area contributed by atoms with Gasteiger partial charge in [-0.1, -0.05) is 17.7 Å². The van der Waals surface area contributed by atoms with E-state index in [0.29, 0.717) is 5.56 Å². The molecule has 0 fully saturated rings. The summed E-state index contributed by atoms with van der Waals surface area (Å²) in [4.78, 5) is 5.91. The molecule has 0 amide bonds. The largest absolute Gasteiger partial charge is 0.495 e. The van der Waals surface area contributed by atoms with Gasteiger partial charge in [-0.05, 0) is 24.3 Å². The van der Waals surface area contributed by atoms with E-state index < -0.39 is 10.0 Å². The van der Waals surface area contributed by atoms with Crippen LogP contribution in [0.1, 0.15) is 5.56 Å². The molecular weight excluding hydrogens is 314 g/mol. The van der Waals surface area contributed by atoms with Crippen molar-refractivity contribution in [3.05, 3.63) is 53.3 Å². The minimum Gasteiger partial charge on any atom is -0.495 e. The Balaban J connectivity index is 2.23. The maximum Gasteiger partial charge on any atom is 0.280 e. The number of aromatic nitrogens is 1. The van der Waals surface area contributed by atoms with E-state index in [1.54, 1.807) is 24.5 Å². The molecular formula is C13H12ClN3O3S. The third kappa shape index (κ3) is 3.93. The van der Waals surface area contributed by atoms with E-state index in [1.165, 1.54) is 31.5 Å². The van der Waals surface area contributed by atoms with Gasteiger partial charge in [-0.25, -0.2) is 0 Å². The van der Waals surface area contributed by atoms with Crippen LogP contribution in [0.3, 0.4) is 0 Å². The highest BCUT2D eigenvalue weighted by molar-refractivity contribution is 7.89. The molecule has 2 aromatic rings. The Hall–Kier alpha value is -2.12. The standard InChI is InChI=1S/C13H12ClN3O3S/c1-20-12-5-4-11(14)7-13(12)21(18,19)17-16-9-10-3-2-6-15-8-10/h2-9,17H,1H3/b16-9+. The van der Waals surface area contributed by atoms with Crippen molar-refractivity contribution in [1.29, 1.82) is 0 Å². The minimum atomic E-state index is -3.87. The zero-order valence-corrected chi connectivity index (χ0v) is 12.6. The van der Waals surface area contributed by atoms with Gasteiger partial charge in [-0.3, -0.25) is 4.98 Å². The molecule has 2 rings (SSSR count). The lowest BCUT2D eigenvalue weighted by Gasteiger charge is -2.09. The van der Waals surface area contributed by atoms with E-state index in [4.69, 9.17) is 16.3 Å². The highest BCUT2D eigenvalue weighted by atomic mass is 35.5. The minimum absolute atomic E-state index is 0.0826. The normalized spacial score (nSPS) is 11.5. The van der Waals surface area contributed by atoms with Crippen molar-refractivity contribution in [3.8, 4) is 5.75 Å². The summed E-state index contributed by atoms with van der Waals surface area (Å²) < 4.78 is 29.4. The van der Waals surface area contributed by atoms with Crippen LogP contribution in [-0.4, -0.2) is 26.7 Å². The van der Waals surface area contributed by atoms with Crippen LogP contribution in [0.5, 0.6) is 5.75 Å². The predicted octanol–water partition coefficient (Wildman–Crippen LogP) is 2.06. The lowest BCUT2D eigenvalue weighted by Crippen LogP contribution is -2.19. The van der Waals surface area contributed by atoms with Gasteiger partial charge in [0.25, 0.3) is 10.0 Å². The molecule has 0 aliphatic carbocycles. The second-order valence-electron chi connectivity index (χ2n) is 3.93. The molecule has 1 aromatic carbocycles. The van der Waals surface area contributed by atoms with Crippen molar-refractivity contribution in [2.24, 2.45) is 5.10 Å². The van der Waals surface area contributed by atoms with E-state index in [2.05, 4.69) is 14.9 Å². The molecule has 1 heterocycles. The molecule has 1 N–H and O–H groups in total. The van der Waals surface area contributed by atoms with Crippen LogP contribution in [0.4, 0.5) is 0 Å². The topological polar surface area (TPSA) is 80.7 Å². The third-order valence-corrected chi connectivity index (χ3v) is 3.97. The Kier molecular flexibility index (Phi) is 4.77. The number of halogens is 1. The number of nitrogens with zero attached hydrogens (tertiary/aromatic N) is 2. The Bertz CT molecular complexity index is 749. The van der Waals surface area contributed by atoms with Crippen LogP contribution in [0.25, 0.3) is 0 Å². The number of sulfonamides is 1. The molecule has 8 heteroatoms. The molecule has 6 nitrogen and oxygen atoms in total. The van der Waals surface area contributed by atoms with Gasteiger partial charge in [0.05, 0.1) is 13.3 Å². The summed E-state index contributed by atoms with van der Waals surface area (Å²) in [5.41, 5.74) is 0.665. The number of pyridine rings is 1. The van der Waals surface area contributed by atoms with Crippen LogP contribution in [0.15, 0.2) is 52.7 Å². The van der Waals surface area contributed by atoms with Gasteiger partial charge in [-0.2, -0.15) is 18.4 Å². The molecule has 0 atom stereocenters. The lowest BCUT2D eigenvalue weighted by atomic mass is 10.3. The lowest BCUT2D eigenvalue weighted by molar-refractivity contribution is 0.402. The summed E-state index contributed by atoms with van der Waals surface area (Å²) in [7, 11) is -2.50. The Morgan fingerprint density at radius 1 is 1.38 bits per heavy atom. The summed E-state index contributed by atoms with van der Waals surface area (Å²) in [6, 6.07) is 7.77. The molecule has 0 bridgehead atoms. The molecule has 1 aromatic heterocycles. The fourth-order valence-corrected chi connectivity index (χ4v) is 2.76. The molecule has 0 spiro atoms. The molecule has 0 radical (unpaired) electrons. The van der Waals surface area contributed by atoms with Crippen molar-refractivity contribution in [3.63, 3.8) is 0 Å². The van der Waals surface area contributed by atoms with E-state index in [9.17, 15) is 8.42 Å². The monoisotopic (exact) mass is 325 g/mol. The molecule has 0 aliphatic rings. The van der Waals surface area contributed by atoms with Crippen molar-refractivity contribution in [2.45, 2.75) is 4.90 Å². The summed E-state index contributed by atoms with van der Waals surface area (Å²) >= 11 is 5.82. The van der Waals surface area contributed by atoms with Gasteiger partial charge in [0.15, 0.2) is 0 Å². The Morgan fingerprint density at radius 3 is 2.86 bits per heavy atom. The van der Waals surface area contributed by atoms with Crippen molar-refractivity contribution in [2.75, 3.05) is 7.11 Å². The molecule has 0 aliphatic heterocycles. The SMILES string of the molecule is COc1ccc(Cl)cc1S(=O)(=O)N/N=C/c1cccnc1. The average Bonchev–Trinajstić information content (AvgIpc) is 2.48. The van der Waals surface area contributed by atoms with E-state index in [-0.39, 0.29) is 15.7 Å². The average molecular weight is 326 g/mol. The smallest absolute Gasteiger partial charge is 0.280 e. The van der Waals surface area contributed by atoms with E-state index >= 15 is 0 Å². The van der Waals surface area contributed by atoms with Crippen LogP contribution >= 0.6 is 11.6 Å².